The first kappa shape index (κ1) is 11.0. The topological polar surface area (TPSA) is 60.9 Å². The SMILES string of the molecule is CCN(CC(=O)O)CC(=O)N1CCC1. The van der Waals surface area contributed by atoms with Gasteiger partial charge in [0.1, 0.15) is 0 Å². The Labute approximate surface area is 83.3 Å². The van der Waals surface area contributed by atoms with E-state index in [0.717, 1.165) is 19.5 Å². The van der Waals surface area contributed by atoms with Crippen LogP contribution in [0, 0.1) is 0 Å². The van der Waals surface area contributed by atoms with E-state index in [-0.39, 0.29) is 19.0 Å². The molecule has 0 aliphatic carbocycles. The minimum absolute atomic E-state index is 0.0411. The normalized spacial score (nSPS) is 15.4. The number of amides is 1. The molecule has 0 aromatic rings. The summed E-state index contributed by atoms with van der Waals surface area (Å²) in [5, 5.41) is 8.57. The second kappa shape index (κ2) is 4.95. The summed E-state index contributed by atoms with van der Waals surface area (Å²) < 4.78 is 0. The van der Waals surface area contributed by atoms with Crippen LogP contribution >= 0.6 is 0 Å². The molecule has 5 heteroatoms. The van der Waals surface area contributed by atoms with E-state index < -0.39 is 5.97 Å². The van der Waals surface area contributed by atoms with Gasteiger partial charge in [0.05, 0.1) is 13.1 Å². The number of carbonyl (C=O) groups is 2. The highest BCUT2D eigenvalue weighted by Crippen LogP contribution is 2.06. The van der Waals surface area contributed by atoms with E-state index in [2.05, 4.69) is 0 Å². The average Bonchev–Trinajstić information content (AvgIpc) is 1.98. The third-order valence-corrected chi connectivity index (χ3v) is 2.37. The number of carbonyl (C=O) groups excluding carboxylic acids is 1. The smallest absolute Gasteiger partial charge is 0.317 e. The van der Waals surface area contributed by atoms with E-state index in [1.807, 2.05) is 6.92 Å². The third kappa shape index (κ3) is 2.99. The third-order valence-electron chi connectivity index (χ3n) is 2.37. The van der Waals surface area contributed by atoms with Crippen molar-refractivity contribution in [1.29, 1.82) is 0 Å². The molecule has 0 unspecified atom stereocenters. The molecule has 1 rings (SSSR count). The summed E-state index contributed by atoms with van der Waals surface area (Å²) >= 11 is 0. The van der Waals surface area contributed by atoms with Crippen molar-refractivity contribution in [3.05, 3.63) is 0 Å². The maximum absolute atomic E-state index is 11.5. The van der Waals surface area contributed by atoms with Crippen LogP contribution in [0.4, 0.5) is 0 Å². The van der Waals surface area contributed by atoms with Crippen LogP contribution in [-0.4, -0.2) is 59.5 Å². The van der Waals surface area contributed by atoms with Gasteiger partial charge in [-0.05, 0) is 13.0 Å². The van der Waals surface area contributed by atoms with Crippen LogP contribution < -0.4 is 0 Å². The van der Waals surface area contributed by atoms with E-state index in [4.69, 9.17) is 5.11 Å². The summed E-state index contributed by atoms with van der Waals surface area (Å²) in [6.07, 6.45) is 1.07. The number of hydrogen-bond donors (Lipinski definition) is 1. The van der Waals surface area contributed by atoms with E-state index in [1.54, 1.807) is 9.80 Å². The van der Waals surface area contributed by atoms with Crippen LogP contribution in [-0.2, 0) is 9.59 Å². The molecule has 1 heterocycles. The summed E-state index contributed by atoms with van der Waals surface area (Å²) in [5.41, 5.74) is 0. The number of carboxylic acids is 1. The van der Waals surface area contributed by atoms with Gasteiger partial charge < -0.3 is 10.0 Å². The lowest BCUT2D eigenvalue weighted by molar-refractivity contribution is -0.140. The van der Waals surface area contributed by atoms with Gasteiger partial charge in [0.2, 0.25) is 5.91 Å². The fourth-order valence-electron chi connectivity index (χ4n) is 1.33. The van der Waals surface area contributed by atoms with Crippen molar-refractivity contribution in [2.75, 3.05) is 32.7 Å². The van der Waals surface area contributed by atoms with Crippen molar-refractivity contribution < 1.29 is 14.7 Å². The van der Waals surface area contributed by atoms with Crippen LogP contribution in [0.2, 0.25) is 0 Å². The van der Waals surface area contributed by atoms with Crippen molar-refractivity contribution in [1.82, 2.24) is 9.80 Å². The molecule has 1 amide bonds. The van der Waals surface area contributed by atoms with E-state index in [0.29, 0.717) is 6.54 Å². The molecule has 0 aromatic carbocycles. The molecule has 0 aromatic heterocycles. The van der Waals surface area contributed by atoms with Gasteiger partial charge in [-0.15, -0.1) is 0 Å². The summed E-state index contributed by atoms with van der Waals surface area (Å²) in [4.78, 5) is 25.3. The fourth-order valence-corrected chi connectivity index (χ4v) is 1.33. The highest BCUT2D eigenvalue weighted by molar-refractivity contribution is 5.79. The Balaban J connectivity index is 2.31. The maximum Gasteiger partial charge on any atom is 0.317 e. The number of likely N-dealkylation sites (tertiary alicyclic amines) is 1. The minimum atomic E-state index is -0.886. The fraction of sp³-hybridized carbons (Fsp3) is 0.778. The van der Waals surface area contributed by atoms with Crippen LogP contribution in [0.3, 0.4) is 0 Å². The molecular weight excluding hydrogens is 184 g/mol. The Kier molecular flexibility index (Phi) is 3.88. The first-order chi connectivity index (χ1) is 6.63. The van der Waals surface area contributed by atoms with Gasteiger partial charge in [0, 0.05) is 13.1 Å². The first-order valence-corrected chi connectivity index (χ1v) is 4.85. The standard InChI is InChI=1S/C9H16N2O3/c1-2-10(7-9(13)14)6-8(12)11-4-3-5-11/h2-7H2,1H3,(H,13,14). The Hall–Kier alpha value is -1.10. The zero-order valence-electron chi connectivity index (χ0n) is 8.40. The molecule has 80 valence electrons. The minimum Gasteiger partial charge on any atom is -0.480 e. The number of hydrogen-bond acceptors (Lipinski definition) is 3. The maximum atomic E-state index is 11.5. The second-order valence-electron chi connectivity index (χ2n) is 3.43. The molecule has 1 saturated heterocycles. The van der Waals surface area contributed by atoms with Gasteiger partial charge >= 0.3 is 5.97 Å². The van der Waals surface area contributed by atoms with Crippen LogP contribution in [0.15, 0.2) is 0 Å². The Morgan fingerprint density at radius 1 is 1.36 bits per heavy atom. The molecule has 0 spiro atoms. The number of nitrogens with zero attached hydrogens (tertiary/aromatic N) is 2. The van der Waals surface area contributed by atoms with Gasteiger partial charge in [-0.2, -0.15) is 0 Å². The molecular formula is C9H16N2O3. The van der Waals surface area contributed by atoms with Crippen molar-refractivity contribution in [2.45, 2.75) is 13.3 Å². The Morgan fingerprint density at radius 3 is 2.36 bits per heavy atom. The van der Waals surface area contributed by atoms with Crippen molar-refractivity contribution >= 4 is 11.9 Å². The Morgan fingerprint density at radius 2 is 2.00 bits per heavy atom. The number of likely N-dealkylation sites (N-methyl/N-ethyl adjacent to an activating group) is 1. The van der Waals surface area contributed by atoms with Gasteiger partial charge in [-0.25, -0.2) is 0 Å². The largest absolute Gasteiger partial charge is 0.480 e. The lowest BCUT2D eigenvalue weighted by Crippen LogP contribution is -2.47. The average molecular weight is 200 g/mol. The highest BCUT2D eigenvalue weighted by atomic mass is 16.4. The number of carboxylic acid groups (broad SMARTS) is 1. The lowest BCUT2D eigenvalue weighted by atomic mass is 10.2. The monoisotopic (exact) mass is 200 g/mol. The highest BCUT2D eigenvalue weighted by Gasteiger charge is 2.22. The molecule has 0 saturated carbocycles. The molecule has 5 nitrogen and oxygen atoms in total. The van der Waals surface area contributed by atoms with Gasteiger partial charge in [-0.3, -0.25) is 14.5 Å². The van der Waals surface area contributed by atoms with Crippen LogP contribution in [0.1, 0.15) is 13.3 Å². The van der Waals surface area contributed by atoms with E-state index in [1.165, 1.54) is 0 Å². The predicted molar refractivity (Wildman–Crippen MR) is 50.9 cm³/mol. The predicted octanol–water partition coefficient (Wildman–Crippen LogP) is -0.375. The van der Waals surface area contributed by atoms with Gasteiger partial charge in [0.15, 0.2) is 0 Å². The number of rotatable bonds is 5. The number of aliphatic carboxylic acids is 1. The first-order valence-electron chi connectivity index (χ1n) is 4.85. The van der Waals surface area contributed by atoms with Gasteiger partial charge in [0.25, 0.3) is 0 Å². The Bertz CT molecular complexity index is 226. The molecule has 1 N–H and O–H groups in total. The van der Waals surface area contributed by atoms with E-state index >= 15 is 0 Å². The molecule has 1 fully saturated rings. The molecule has 1 aliphatic heterocycles. The van der Waals surface area contributed by atoms with Gasteiger partial charge in [-0.1, -0.05) is 6.92 Å². The summed E-state index contributed by atoms with van der Waals surface area (Å²) in [6, 6.07) is 0. The van der Waals surface area contributed by atoms with E-state index in [9.17, 15) is 9.59 Å². The summed E-state index contributed by atoms with van der Waals surface area (Å²) in [6.45, 7) is 4.25. The zero-order chi connectivity index (χ0) is 10.6. The lowest BCUT2D eigenvalue weighted by Gasteiger charge is -2.32. The molecule has 0 atom stereocenters. The summed E-state index contributed by atoms with van der Waals surface area (Å²) in [5.74, 6) is -0.845. The molecule has 0 bridgehead atoms. The second-order valence-corrected chi connectivity index (χ2v) is 3.43. The quantitative estimate of drug-likeness (QED) is 0.657. The van der Waals surface area contributed by atoms with Crippen LogP contribution in [0.5, 0.6) is 0 Å². The molecule has 0 radical (unpaired) electrons. The molecule has 1 aliphatic rings. The molecule has 14 heavy (non-hydrogen) atoms. The van der Waals surface area contributed by atoms with Crippen molar-refractivity contribution in [3.63, 3.8) is 0 Å². The van der Waals surface area contributed by atoms with Crippen LogP contribution in [0.25, 0.3) is 0 Å². The zero-order valence-corrected chi connectivity index (χ0v) is 8.40. The van der Waals surface area contributed by atoms with Crippen molar-refractivity contribution in [2.24, 2.45) is 0 Å². The summed E-state index contributed by atoms with van der Waals surface area (Å²) in [7, 11) is 0. The van der Waals surface area contributed by atoms with Crippen molar-refractivity contribution in [3.8, 4) is 0 Å².